The van der Waals surface area contributed by atoms with Crippen molar-refractivity contribution in [1.29, 1.82) is 0 Å². The molecule has 0 aliphatic carbocycles. The Morgan fingerprint density at radius 2 is 2.17 bits per heavy atom. The summed E-state index contributed by atoms with van der Waals surface area (Å²) in [7, 11) is 0. The zero-order valence-corrected chi connectivity index (χ0v) is 11.4. The van der Waals surface area contributed by atoms with Crippen LogP contribution in [-0.4, -0.2) is 12.3 Å². The van der Waals surface area contributed by atoms with Gasteiger partial charge < -0.3 is 4.90 Å². The van der Waals surface area contributed by atoms with Gasteiger partial charge in [-0.15, -0.1) is 0 Å². The number of rotatable bonds is 0. The normalized spacial score (nSPS) is 22.9. The molecule has 0 saturated carbocycles. The lowest BCUT2D eigenvalue weighted by Gasteiger charge is -2.40. The number of allylic oxidation sites excluding steroid dienone is 2. The Labute approximate surface area is 112 Å². The van der Waals surface area contributed by atoms with Crippen LogP contribution in [0.25, 0.3) is 0 Å². The second kappa shape index (κ2) is 4.13. The van der Waals surface area contributed by atoms with E-state index in [-0.39, 0.29) is 0 Å². The predicted molar refractivity (Wildman–Crippen MR) is 74.2 cm³/mol. The van der Waals surface area contributed by atoms with Crippen LogP contribution < -0.4 is 4.90 Å². The van der Waals surface area contributed by atoms with Gasteiger partial charge >= 0.3 is 0 Å². The molecule has 2 aliphatic rings. The van der Waals surface area contributed by atoms with Crippen LogP contribution in [-0.2, 0) is 4.79 Å². The molecule has 3 heteroatoms. The van der Waals surface area contributed by atoms with Gasteiger partial charge in [0.25, 0.3) is 0 Å². The lowest BCUT2D eigenvalue weighted by molar-refractivity contribution is -0.115. The van der Waals surface area contributed by atoms with Gasteiger partial charge in [0.15, 0.2) is 5.78 Å². The first-order chi connectivity index (χ1) is 8.58. The molecule has 2 nitrogen and oxygen atoms in total. The van der Waals surface area contributed by atoms with Crippen molar-refractivity contribution in [2.45, 2.75) is 32.6 Å². The molecule has 0 radical (unpaired) electrons. The Balaban J connectivity index is 2.17. The molecule has 0 unspecified atom stereocenters. The smallest absolute Gasteiger partial charge is 0.162 e. The second-order valence-corrected chi connectivity index (χ2v) is 5.64. The molecule has 1 atom stereocenters. The van der Waals surface area contributed by atoms with Gasteiger partial charge in [0.2, 0.25) is 0 Å². The molecule has 94 valence electrons. The van der Waals surface area contributed by atoms with Gasteiger partial charge in [-0.05, 0) is 43.0 Å². The van der Waals surface area contributed by atoms with Crippen LogP contribution in [0.15, 0.2) is 29.5 Å². The summed E-state index contributed by atoms with van der Waals surface area (Å²) >= 11 is 6.08. The van der Waals surface area contributed by atoms with Crippen molar-refractivity contribution in [3.63, 3.8) is 0 Å². The number of benzene rings is 1. The van der Waals surface area contributed by atoms with E-state index >= 15 is 0 Å². The molecule has 0 spiro atoms. The van der Waals surface area contributed by atoms with Crippen molar-refractivity contribution < 1.29 is 4.79 Å². The van der Waals surface area contributed by atoms with Crippen molar-refractivity contribution >= 4 is 23.1 Å². The first kappa shape index (κ1) is 11.8. The van der Waals surface area contributed by atoms with E-state index in [1.54, 1.807) is 0 Å². The SMILES string of the molecule is CC1=C2C[C@H](C)c3cc(Cl)ccc3N2CCC1=O. The standard InChI is InChI=1S/C15H16ClNO/c1-9-7-14-10(2)15(18)5-6-17(14)13-4-3-11(16)8-12(9)13/h3-4,8-9H,5-7H2,1-2H3/t9-/m0/s1. The lowest BCUT2D eigenvalue weighted by atomic mass is 9.85. The fraction of sp³-hybridized carbons (Fsp3) is 0.400. The Morgan fingerprint density at radius 3 is 2.94 bits per heavy atom. The number of hydrogen-bond acceptors (Lipinski definition) is 2. The monoisotopic (exact) mass is 261 g/mol. The minimum Gasteiger partial charge on any atom is -0.344 e. The number of nitrogens with zero attached hydrogens (tertiary/aromatic N) is 1. The van der Waals surface area contributed by atoms with Crippen molar-refractivity contribution in [1.82, 2.24) is 0 Å². The highest BCUT2D eigenvalue weighted by Crippen LogP contribution is 2.43. The molecule has 0 saturated heterocycles. The van der Waals surface area contributed by atoms with Crippen LogP contribution in [0, 0.1) is 0 Å². The first-order valence-corrected chi connectivity index (χ1v) is 6.75. The molecule has 1 aromatic rings. The summed E-state index contributed by atoms with van der Waals surface area (Å²) in [5, 5.41) is 0.790. The summed E-state index contributed by atoms with van der Waals surface area (Å²) in [6.45, 7) is 4.95. The Kier molecular flexibility index (Phi) is 2.70. The van der Waals surface area contributed by atoms with Crippen molar-refractivity contribution in [2.24, 2.45) is 0 Å². The van der Waals surface area contributed by atoms with Gasteiger partial charge in [0, 0.05) is 34.9 Å². The number of ketones is 1. The third kappa shape index (κ3) is 1.67. The van der Waals surface area contributed by atoms with Gasteiger partial charge in [-0.3, -0.25) is 4.79 Å². The van der Waals surface area contributed by atoms with Crippen LogP contribution in [0.4, 0.5) is 5.69 Å². The average Bonchev–Trinajstić information content (AvgIpc) is 2.35. The molecule has 2 heterocycles. The largest absolute Gasteiger partial charge is 0.344 e. The van der Waals surface area contributed by atoms with E-state index in [4.69, 9.17) is 11.6 Å². The number of carbonyl (C=O) groups is 1. The summed E-state index contributed by atoms with van der Waals surface area (Å²) in [4.78, 5) is 14.1. The topological polar surface area (TPSA) is 20.3 Å². The van der Waals surface area contributed by atoms with Crippen LogP contribution >= 0.6 is 11.6 Å². The Bertz CT molecular complexity index is 562. The maximum absolute atomic E-state index is 11.8. The summed E-state index contributed by atoms with van der Waals surface area (Å²) in [5.41, 5.74) is 4.66. The highest BCUT2D eigenvalue weighted by Gasteiger charge is 2.31. The van der Waals surface area contributed by atoms with E-state index in [2.05, 4.69) is 24.0 Å². The predicted octanol–water partition coefficient (Wildman–Crippen LogP) is 3.90. The molecule has 1 aromatic carbocycles. The molecule has 2 aliphatic heterocycles. The van der Waals surface area contributed by atoms with E-state index in [0.29, 0.717) is 18.1 Å². The Hall–Kier alpha value is -1.28. The van der Waals surface area contributed by atoms with Gasteiger partial charge in [0.05, 0.1) is 0 Å². The summed E-state index contributed by atoms with van der Waals surface area (Å²) in [6.07, 6.45) is 1.55. The molecule has 3 rings (SSSR count). The molecular weight excluding hydrogens is 246 g/mol. The van der Waals surface area contributed by atoms with E-state index < -0.39 is 0 Å². The zero-order valence-electron chi connectivity index (χ0n) is 10.7. The second-order valence-electron chi connectivity index (χ2n) is 5.20. The first-order valence-electron chi connectivity index (χ1n) is 6.38. The summed E-state index contributed by atoms with van der Waals surface area (Å²) in [6, 6.07) is 6.07. The minimum absolute atomic E-state index is 0.297. The molecule has 0 fully saturated rings. The molecule has 0 N–H and O–H groups in total. The van der Waals surface area contributed by atoms with Gasteiger partial charge in [-0.1, -0.05) is 18.5 Å². The van der Waals surface area contributed by atoms with Crippen LogP contribution in [0.3, 0.4) is 0 Å². The highest BCUT2D eigenvalue weighted by molar-refractivity contribution is 6.30. The maximum Gasteiger partial charge on any atom is 0.162 e. The summed E-state index contributed by atoms with van der Waals surface area (Å²) in [5.74, 6) is 0.719. The van der Waals surface area contributed by atoms with Gasteiger partial charge in [-0.2, -0.15) is 0 Å². The zero-order chi connectivity index (χ0) is 12.9. The minimum atomic E-state index is 0.297. The third-order valence-corrected chi connectivity index (χ3v) is 4.29. The van der Waals surface area contributed by atoms with E-state index in [0.717, 1.165) is 23.6 Å². The van der Waals surface area contributed by atoms with Crippen molar-refractivity contribution in [3.05, 3.63) is 40.1 Å². The quantitative estimate of drug-likeness (QED) is 0.706. The maximum atomic E-state index is 11.8. The summed E-state index contributed by atoms with van der Waals surface area (Å²) < 4.78 is 0. The average molecular weight is 262 g/mol. The number of carbonyl (C=O) groups excluding carboxylic acids is 1. The van der Waals surface area contributed by atoms with Gasteiger partial charge in [0.1, 0.15) is 0 Å². The molecule has 0 bridgehead atoms. The number of halogens is 1. The number of fused-ring (bicyclic) bond motifs is 3. The van der Waals surface area contributed by atoms with E-state index in [9.17, 15) is 4.79 Å². The van der Waals surface area contributed by atoms with Crippen molar-refractivity contribution in [3.8, 4) is 0 Å². The number of anilines is 1. The number of hydrogen-bond donors (Lipinski definition) is 0. The van der Waals surface area contributed by atoms with E-state index in [1.165, 1.54) is 16.9 Å². The van der Waals surface area contributed by atoms with Crippen molar-refractivity contribution in [2.75, 3.05) is 11.4 Å². The van der Waals surface area contributed by atoms with E-state index in [1.807, 2.05) is 13.0 Å². The fourth-order valence-corrected chi connectivity index (χ4v) is 3.17. The highest BCUT2D eigenvalue weighted by atomic mass is 35.5. The lowest BCUT2D eigenvalue weighted by Crippen LogP contribution is -2.36. The molecule has 18 heavy (non-hydrogen) atoms. The number of Topliss-reactive ketones (excluding diaryl/α,β-unsaturated/α-hetero) is 1. The molecular formula is C15H16ClNO. The fourth-order valence-electron chi connectivity index (χ4n) is 2.99. The third-order valence-electron chi connectivity index (χ3n) is 4.05. The van der Waals surface area contributed by atoms with Gasteiger partial charge in [-0.25, -0.2) is 0 Å². The van der Waals surface area contributed by atoms with Crippen LogP contribution in [0.1, 0.15) is 38.2 Å². The molecule has 0 aromatic heterocycles. The van der Waals surface area contributed by atoms with Crippen LogP contribution in [0.2, 0.25) is 5.02 Å². The van der Waals surface area contributed by atoms with Crippen LogP contribution in [0.5, 0.6) is 0 Å². The Morgan fingerprint density at radius 1 is 1.39 bits per heavy atom. The molecule has 0 amide bonds.